The van der Waals surface area contributed by atoms with Crippen LogP contribution >= 0.6 is 0 Å². The number of unbranched alkanes of at least 4 members (excludes halogenated alkanes) is 1. The summed E-state index contributed by atoms with van der Waals surface area (Å²) in [5.41, 5.74) is 18.5. The van der Waals surface area contributed by atoms with Gasteiger partial charge in [-0.2, -0.15) is 5.21 Å². The number of carbonyl (C=O) groups excluding carboxylic acids is 12. The number of rotatable bonds is 51. The van der Waals surface area contributed by atoms with Crippen LogP contribution in [0.5, 0.6) is 5.75 Å². The molecule has 4 aromatic carbocycles. The number of carbonyl (C=O) groups is 13. The molecule has 113 heavy (non-hydrogen) atoms. The van der Waals surface area contributed by atoms with Crippen LogP contribution in [-0.2, 0) is 94.4 Å². The molecule has 6 rings (SSSR count). The maximum atomic E-state index is 15.6. The zero-order chi connectivity index (χ0) is 82.9. The number of aliphatic carboxylic acids is 1. The van der Waals surface area contributed by atoms with Crippen molar-refractivity contribution in [3.8, 4) is 16.9 Å². The highest BCUT2D eigenvalue weighted by Crippen LogP contribution is 2.33. The van der Waals surface area contributed by atoms with Crippen molar-refractivity contribution < 1.29 is 91.9 Å². The molecule has 10 atom stereocenters. The summed E-state index contributed by atoms with van der Waals surface area (Å²) in [5, 5.41) is 74.9. The first-order valence-electron chi connectivity index (χ1n) is 37.8. The summed E-state index contributed by atoms with van der Waals surface area (Å²) in [5.74, 6) is -14.8. The first kappa shape index (κ1) is 90.7. The van der Waals surface area contributed by atoms with Gasteiger partial charge in [0.05, 0.1) is 55.3 Å². The number of primary amides is 1. The number of aromatic nitrogens is 4. The monoisotopic (exact) mass is 1570 g/mol. The number of Topliss-reactive ketones (excluding diaryl/α,β-unsaturated/α-hetero) is 4. The van der Waals surface area contributed by atoms with Gasteiger partial charge in [0.1, 0.15) is 29.7 Å². The van der Waals surface area contributed by atoms with Gasteiger partial charge in [0.25, 0.3) is 0 Å². The van der Waals surface area contributed by atoms with Gasteiger partial charge < -0.3 is 67.7 Å². The van der Waals surface area contributed by atoms with E-state index in [-0.39, 0.29) is 62.5 Å². The summed E-state index contributed by atoms with van der Waals surface area (Å²) in [6, 6.07) is 15.8. The van der Waals surface area contributed by atoms with Crippen LogP contribution in [0.1, 0.15) is 157 Å². The number of carboxylic acids is 1. The number of tetrazole rings is 1. The number of H-pyrrole nitrogens is 1. The van der Waals surface area contributed by atoms with E-state index < -0.39 is 187 Å². The van der Waals surface area contributed by atoms with Gasteiger partial charge in [-0.1, -0.05) is 102 Å². The summed E-state index contributed by atoms with van der Waals surface area (Å²) in [7, 11) is 0. The highest BCUT2D eigenvalue weighted by molar-refractivity contribution is 6.00. The van der Waals surface area contributed by atoms with Crippen LogP contribution in [0, 0.1) is 36.9 Å². The van der Waals surface area contributed by atoms with Crippen LogP contribution in [-0.4, -0.2) is 204 Å². The van der Waals surface area contributed by atoms with Crippen molar-refractivity contribution in [3.05, 3.63) is 140 Å². The Morgan fingerprint density at radius 3 is 2.03 bits per heavy atom. The number of aryl methyl sites for hydroxylation is 4. The maximum Gasteiger partial charge on any atom is 0.305 e. The molecule has 0 bridgehead atoms. The van der Waals surface area contributed by atoms with E-state index in [9.17, 15) is 82.8 Å². The fourth-order valence-corrected chi connectivity index (χ4v) is 13.4. The Hall–Kier alpha value is -11.2. The predicted octanol–water partition coefficient (Wildman–Crippen LogP) is 3.83. The molecule has 0 spiro atoms. The summed E-state index contributed by atoms with van der Waals surface area (Å²) < 4.78 is 21.5. The third kappa shape index (κ3) is 29.8. The van der Waals surface area contributed by atoms with E-state index in [1.807, 2.05) is 69.3 Å². The smallest absolute Gasteiger partial charge is 0.305 e. The number of hydrogen-bond acceptors (Lipinski definition) is 21. The fraction of sp³-hybridized carbons (Fsp3) is 0.519. The molecule has 0 saturated carbocycles. The van der Waals surface area contributed by atoms with E-state index in [0.717, 1.165) is 53.3 Å². The first-order chi connectivity index (χ1) is 53.8. The number of nitrogens with zero attached hydrogens (tertiary/aromatic N) is 7. The lowest BCUT2D eigenvalue weighted by Gasteiger charge is -2.33. The number of amides is 8. The maximum absolute atomic E-state index is 15.6. The van der Waals surface area contributed by atoms with Gasteiger partial charge in [0, 0.05) is 94.8 Å². The number of aromatic amines is 1. The molecule has 0 aliphatic carbocycles. The number of azide groups is 1. The number of aliphatic hydroxyl groups is 3. The second-order valence-corrected chi connectivity index (χ2v) is 28.9. The fourth-order valence-electron chi connectivity index (χ4n) is 13.4. The van der Waals surface area contributed by atoms with Crippen LogP contribution in [0.2, 0.25) is 0 Å². The van der Waals surface area contributed by atoms with Gasteiger partial charge >= 0.3 is 5.97 Å². The normalized spacial score (nSPS) is 14.8. The number of nitrogens with two attached hydrogens (primary N) is 1. The van der Waals surface area contributed by atoms with E-state index in [0.29, 0.717) is 76.0 Å². The molecule has 1 aliphatic rings. The van der Waals surface area contributed by atoms with Crippen molar-refractivity contribution in [2.75, 3.05) is 39.4 Å². The zero-order valence-electron chi connectivity index (χ0n) is 64.5. The second kappa shape index (κ2) is 45.3. The number of benzene rings is 4. The Kier molecular flexibility index (Phi) is 36.4. The van der Waals surface area contributed by atoms with Crippen molar-refractivity contribution in [1.82, 2.24) is 57.4 Å². The van der Waals surface area contributed by atoms with Crippen LogP contribution in [0.25, 0.3) is 21.6 Å². The Bertz CT molecular complexity index is 4170. The quantitative estimate of drug-likeness (QED) is 0.0114. The summed E-state index contributed by atoms with van der Waals surface area (Å²) in [6.07, 6.45) is -5.47. The predicted molar refractivity (Wildman–Crippen MR) is 408 cm³/mol. The lowest BCUT2D eigenvalue weighted by Crippen LogP contribution is -2.55. The zero-order valence-corrected chi connectivity index (χ0v) is 64.5. The molecule has 0 unspecified atom stereocenters. The van der Waals surface area contributed by atoms with E-state index in [1.54, 1.807) is 17.0 Å². The van der Waals surface area contributed by atoms with E-state index in [4.69, 9.17) is 16.0 Å². The number of nitrogens with one attached hydrogen (secondary N) is 7. The number of hydrogen-bond donors (Lipinski definition) is 12. The molecule has 2 heterocycles. The third-order valence-electron chi connectivity index (χ3n) is 19.5. The highest BCUT2D eigenvalue weighted by atomic mass is 19.1. The molecule has 1 fully saturated rings. The number of aliphatic hydroxyl groups excluding tert-OH is 3. The average Bonchev–Trinajstić information content (AvgIpc) is 1.46. The summed E-state index contributed by atoms with van der Waals surface area (Å²) in [6.45, 7) is 9.61. The van der Waals surface area contributed by atoms with E-state index >= 15 is 4.39 Å². The lowest BCUT2D eigenvalue weighted by atomic mass is 9.76. The topological polar surface area (TPSA) is 517 Å². The Balaban J connectivity index is 1.15. The number of carboxylic acid groups (broad SMARTS) is 1. The van der Waals surface area contributed by atoms with E-state index in [1.165, 1.54) is 25.1 Å². The SMILES string of the molecule is CCc1cc(OCCCCN=[N+]=[N-])ccc1-c1ccc(C[C@H](CC(=O)[C@H](CC(=O)O)NC(=O)[C@H](CO)CC(=O)[C@@H](NC(=O)[C@@](C)(CC(=O)[C@@H](NC(=O)CCC(=O)[C@H](Cc2nn[nH]n2)NC(=O)CCNC(=O)CCN2CCCC2=O)[C@@H](C)O)Cc2ccccc2F)[C@@H](C)O)C(=O)N[C@@H](CCCc2cc(C)cc(C)c2)C(N)=O)cc1. The van der Waals surface area contributed by atoms with Gasteiger partial charge in [-0.15, -0.1) is 10.2 Å². The molecule has 1 saturated heterocycles. The first-order valence-corrected chi connectivity index (χ1v) is 37.8. The van der Waals surface area contributed by atoms with Crippen molar-refractivity contribution in [1.29, 1.82) is 0 Å². The van der Waals surface area contributed by atoms with Crippen LogP contribution in [0.3, 0.4) is 0 Å². The molecule has 610 valence electrons. The van der Waals surface area contributed by atoms with Crippen molar-refractivity contribution >= 4 is 76.4 Å². The molecule has 34 heteroatoms. The minimum absolute atomic E-state index is 0.0127. The molecule has 5 aromatic rings. The number of ketones is 4. The minimum atomic E-state index is -2.10. The highest BCUT2D eigenvalue weighted by Gasteiger charge is 2.43. The van der Waals surface area contributed by atoms with Gasteiger partial charge in [0.2, 0.25) is 47.3 Å². The molecular weight excluding hydrogens is 1470 g/mol. The summed E-state index contributed by atoms with van der Waals surface area (Å²) >= 11 is 0. The standard InChI is InChI=1S/C79H104FN15O18/c1-7-52-38-57(113-33-11-10-29-84-92-82)23-24-58(52)53-21-19-50(20-22-53)37-55(76(110)86-60(75(81)109)17-12-14-51-35-46(2)34-47(3)36-51)39-64(100)62(42-72(107)108)87-77(111)56(45-96)40-65(101)73(48(4)97)89-78(112)79(6,43-54-15-8-9-16-59(54)80)44-66(102)74(49(5)98)88-69(104)26-25-63(99)61(41-67-90-93-94-91-67)85-70(105)27-30-83-68(103)28-32-95-31-13-18-71(95)106/h8-9,15-16,19-24,34-36,38,48-49,55-56,60-62,73-74,96-98H,7,10-14,17-18,25-33,37,39-45H2,1-6H3,(H2,81,109)(H,83,103)(H,85,105)(H,86,110)(H,87,111)(H,88,104)(H,89,112)(H,107,108)(H,90,91,93,94)/t48-,49-,55-,56+,60+,61+,62+,73+,74+,79-/m1/s1. The van der Waals surface area contributed by atoms with Crippen LogP contribution in [0.4, 0.5) is 4.39 Å². The Labute approximate surface area is 653 Å². The molecule has 1 aromatic heterocycles. The van der Waals surface area contributed by atoms with Crippen molar-refractivity contribution in [2.45, 2.75) is 206 Å². The average molecular weight is 1570 g/mol. The van der Waals surface area contributed by atoms with Gasteiger partial charge in [-0.05, 0) is 143 Å². The second-order valence-electron chi connectivity index (χ2n) is 28.9. The van der Waals surface area contributed by atoms with Gasteiger partial charge in [-0.25, -0.2) is 4.39 Å². The molecule has 33 nitrogen and oxygen atoms in total. The largest absolute Gasteiger partial charge is 0.494 e. The molecule has 8 amide bonds. The van der Waals surface area contributed by atoms with Gasteiger partial charge in [0.15, 0.2) is 29.0 Å². The molecular formula is C79H104FN15O18. The summed E-state index contributed by atoms with van der Waals surface area (Å²) in [4.78, 5) is 182. The minimum Gasteiger partial charge on any atom is -0.494 e. The third-order valence-corrected chi connectivity index (χ3v) is 19.5. The number of halogens is 1. The number of likely N-dealkylation sites (tertiary alicyclic amines) is 1. The molecule has 13 N–H and O–H groups in total. The number of ether oxygens (including phenoxy) is 1. The molecule has 0 radical (unpaired) electrons. The van der Waals surface area contributed by atoms with E-state index in [2.05, 4.69) is 62.6 Å². The van der Waals surface area contributed by atoms with Gasteiger partial charge in [-0.3, -0.25) is 62.3 Å². The molecule has 1 aliphatic heterocycles. The lowest BCUT2D eigenvalue weighted by molar-refractivity contribution is -0.142. The van der Waals surface area contributed by atoms with Crippen molar-refractivity contribution in [2.24, 2.45) is 28.1 Å². The Morgan fingerprint density at radius 1 is 0.726 bits per heavy atom. The van der Waals surface area contributed by atoms with Crippen LogP contribution in [0.15, 0.2) is 90.0 Å². The Morgan fingerprint density at radius 2 is 1.40 bits per heavy atom. The van der Waals surface area contributed by atoms with Crippen LogP contribution < -0.4 is 42.4 Å². The van der Waals surface area contributed by atoms with Crippen molar-refractivity contribution in [3.63, 3.8) is 0 Å².